The molecular formula is C61H52N4O9S. The van der Waals surface area contributed by atoms with Gasteiger partial charge in [-0.15, -0.1) is 11.8 Å². The molecule has 2 atom stereocenters. The number of anilines is 2. The first-order valence-electron chi connectivity index (χ1n) is 24.1. The second kappa shape index (κ2) is 26.5. The maximum Gasteiger partial charge on any atom is 0.336 e. The Kier molecular flexibility index (Phi) is 18.4. The number of esters is 2. The number of nitriles is 1. The van der Waals surface area contributed by atoms with Crippen molar-refractivity contribution in [1.29, 1.82) is 5.26 Å². The number of rotatable bonds is 25. The number of para-hydroxylation sites is 2. The summed E-state index contributed by atoms with van der Waals surface area (Å²) >= 11 is 1.54. The van der Waals surface area contributed by atoms with E-state index in [0.717, 1.165) is 10.6 Å². The van der Waals surface area contributed by atoms with Gasteiger partial charge < -0.3 is 34.3 Å². The van der Waals surface area contributed by atoms with Gasteiger partial charge in [-0.25, -0.2) is 14.6 Å². The number of hydrogen-bond acceptors (Lipinski definition) is 14. The molecule has 0 spiro atoms. The number of benzene rings is 7. The number of carbonyl (C=O) groups excluding carboxylic acids is 4. The minimum absolute atomic E-state index is 0.0428. The van der Waals surface area contributed by atoms with Crippen molar-refractivity contribution in [2.24, 2.45) is 0 Å². The highest BCUT2D eigenvalue weighted by Crippen LogP contribution is 2.26. The lowest BCUT2D eigenvalue weighted by Crippen LogP contribution is -2.40. The molecule has 13 nitrogen and oxygen atoms in total. The third-order valence-corrected chi connectivity index (χ3v) is 12.6. The van der Waals surface area contributed by atoms with Gasteiger partial charge in [0.1, 0.15) is 47.6 Å². The maximum absolute atomic E-state index is 14.6. The predicted octanol–water partition coefficient (Wildman–Crippen LogP) is 10.9. The zero-order valence-corrected chi connectivity index (χ0v) is 41.7. The van der Waals surface area contributed by atoms with Gasteiger partial charge in [0.25, 0.3) is 0 Å². The quantitative estimate of drug-likeness (QED) is 0.0182. The Labute approximate surface area is 439 Å². The van der Waals surface area contributed by atoms with E-state index in [-0.39, 0.29) is 37.6 Å². The molecule has 0 radical (unpaired) electrons. The van der Waals surface area contributed by atoms with E-state index < -0.39 is 24.0 Å². The highest BCUT2D eigenvalue weighted by molar-refractivity contribution is 7.99. The van der Waals surface area contributed by atoms with Crippen molar-refractivity contribution in [3.8, 4) is 29.2 Å². The molecule has 0 saturated carbocycles. The highest BCUT2D eigenvalue weighted by Gasteiger charge is 2.30. The summed E-state index contributed by atoms with van der Waals surface area (Å²) in [4.78, 5) is 61.4. The Morgan fingerprint density at radius 3 is 1.53 bits per heavy atom. The van der Waals surface area contributed by atoms with Crippen molar-refractivity contribution in [1.82, 2.24) is 4.98 Å². The number of ketones is 2. The Morgan fingerprint density at radius 2 is 1.01 bits per heavy atom. The van der Waals surface area contributed by atoms with E-state index in [1.54, 1.807) is 171 Å². The number of thioether (sulfide) groups is 1. The van der Waals surface area contributed by atoms with E-state index >= 15 is 0 Å². The normalized spacial score (nSPS) is 11.5. The predicted molar refractivity (Wildman–Crippen MR) is 288 cm³/mol. The molecule has 0 aliphatic heterocycles. The van der Waals surface area contributed by atoms with Gasteiger partial charge in [0, 0.05) is 58.3 Å². The number of carbonyl (C=O) groups is 4. The number of pyridine rings is 1. The van der Waals surface area contributed by atoms with Crippen LogP contribution in [0.2, 0.25) is 0 Å². The summed E-state index contributed by atoms with van der Waals surface area (Å²) in [6.07, 6.45) is 0.101. The number of nitrogens with zero attached hydrogens (tertiary/aromatic N) is 2. The van der Waals surface area contributed by atoms with Gasteiger partial charge in [-0.2, -0.15) is 5.26 Å². The van der Waals surface area contributed by atoms with E-state index in [1.165, 1.54) is 11.8 Å². The smallest absolute Gasteiger partial charge is 0.336 e. The molecule has 1 heterocycles. The van der Waals surface area contributed by atoms with Crippen LogP contribution in [0.4, 0.5) is 11.4 Å². The van der Waals surface area contributed by atoms with Crippen molar-refractivity contribution >= 4 is 46.6 Å². The first-order valence-corrected chi connectivity index (χ1v) is 25.1. The third-order valence-electron chi connectivity index (χ3n) is 11.7. The molecule has 8 rings (SSSR count). The molecule has 0 bridgehead atoms. The van der Waals surface area contributed by atoms with E-state index in [9.17, 15) is 24.4 Å². The lowest BCUT2D eigenvalue weighted by molar-refractivity contribution is -0.160. The maximum atomic E-state index is 14.6. The number of nitrogens with one attached hydrogen (secondary N) is 2. The zero-order chi connectivity index (χ0) is 52.2. The Balaban J connectivity index is 1.01. The topological polar surface area (TPSA) is 175 Å². The number of hydrogen-bond donors (Lipinski definition) is 2. The van der Waals surface area contributed by atoms with Crippen LogP contribution >= 0.6 is 11.8 Å². The van der Waals surface area contributed by atoms with Gasteiger partial charge >= 0.3 is 11.9 Å². The fourth-order valence-electron chi connectivity index (χ4n) is 7.89. The van der Waals surface area contributed by atoms with Gasteiger partial charge in [0.05, 0.1) is 25.3 Å². The van der Waals surface area contributed by atoms with E-state index in [1.807, 2.05) is 36.4 Å². The lowest BCUT2D eigenvalue weighted by atomic mass is 9.99. The van der Waals surface area contributed by atoms with Crippen LogP contribution in [-0.4, -0.2) is 73.3 Å². The second-order valence-electron chi connectivity index (χ2n) is 16.9. The standard InChI is InChI=1S/C61H52N4O9S/c1-70-56-24-13-25-57(65-56)75-37-36-73-48-32-28-43(29-33-48)40-55(64-53-23-11-9-21-51(53)59(67)46-17-6-3-7-18-46)61(69)74-60(68)54(63-52-22-10-8-20-50(52)58(66)45-15-4-2-5-16-45)39-42-26-30-47(31-27-42)71-34-35-72-49-19-12-14-44(38-49)41-62/h2-33,38,54-55,63-64H,34-37,39-40H2,1H3. The fourth-order valence-corrected chi connectivity index (χ4v) is 8.60. The van der Waals surface area contributed by atoms with Crippen LogP contribution in [0.15, 0.2) is 205 Å². The summed E-state index contributed by atoms with van der Waals surface area (Å²) in [5.74, 6) is 0.579. The molecule has 2 unspecified atom stereocenters. The summed E-state index contributed by atoms with van der Waals surface area (Å²) in [5.41, 5.74) is 4.19. The lowest BCUT2D eigenvalue weighted by Gasteiger charge is -2.23. The highest BCUT2D eigenvalue weighted by atomic mass is 32.2. The van der Waals surface area contributed by atoms with Gasteiger partial charge in [-0.1, -0.05) is 121 Å². The second-order valence-corrected chi connectivity index (χ2v) is 18.0. The molecular weight excluding hydrogens is 965 g/mol. The van der Waals surface area contributed by atoms with Crippen LogP contribution in [0.25, 0.3) is 0 Å². The van der Waals surface area contributed by atoms with Gasteiger partial charge in [-0.3, -0.25) is 9.59 Å². The molecule has 0 fully saturated rings. The minimum atomic E-state index is -1.18. The summed E-state index contributed by atoms with van der Waals surface area (Å²) < 4.78 is 28.8. The molecule has 0 amide bonds. The molecule has 0 aliphatic carbocycles. The van der Waals surface area contributed by atoms with Crippen LogP contribution < -0.4 is 29.6 Å². The van der Waals surface area contributed by atoms with Gasteiger partial charge in [0.2, 0.25) is 5.88 Å². The largest absolute Gasteiger partial charge is 0.493 e. The SMILES string of the molecule is COc1cccc(SCCOc2ccc(CC(Nc3ccccc3C(=O)c3ccccc3)C(=O)OC(=O)C(Cc3ccc(OCCOc4cccc(C#N)c4)cc3)Nc3ccccc3C(=O)c3ccccc3)cc2)n1. The Bertz CT molecular complexity index is 3240. The molecule has 1 aromatic heterocycles. The van der Waals surface area contributed by atoms with Crippen molar-refractivity contribution < 1.29 is 42.9 Å². The molecule has 376 valence electrons. The number of ether oxygens (including phenoxy) is 5. The Morgan fingerprint density at radius 1 is 0.533 bits per heavy atom. The average Bonchev–Trinajstić information content (AvgIpc) is 3.46. The molecule has 8 aromatic rings. The molecule has 2 N–H and O–H groups in total. The van der Waals surface area contributed by atoms with E-state index in [4.69, 9.17) is 23.7 Å². The molecule has 7 aromatic carbocycles. The van der Waals surface area contributed by atoms with Crippen LogP contribution in [0.3, 0.4) is 0 Å². The summed E-state index contributed by atoms with van der Waals surface area (Å²) in [7, 11) is 1.57. The van der Waals surface area contributed by atoms with Gasteiger partial charge in [0.15, 0.2) is 11.6 Å². The van der Waals surface area contributed by atoms with Crippen molar-refractivity contribution in [2.75, 3.05) is 43.3 Å². The van der Waals surface area contributed by atoms with Crippen molar-refractivity contribution in [2.45, 2.75) is 30.0 Å². The van der Waals surface area contributed by atoms with Crippen molar-refractivity contribution in [3.63, 3.8) is 0 Å². The van der Waals surface area contributed by atoms with E-state index in [0.29, 0.717) is 80.2 Å². The van der Waals surface area contributed by atoms with Crippen LogP contribution in [-0.2, 0) is 27.2 Å². The zero-order valence-electron chi connectivity index (χ0n) is 40.9. The van der Waals surface area contributed by atoms with E-state index in [2.05, 4.69) is 21.7 Å². The average molecular weight is 1020 g/mol. The third kappa shape index (κ3) is 14.9. The monoisotopic (exact) mass is 1020 g/mol. The minimum Gasteiger partial charge on any atom is -0.493 e. The van der Waals surface area contributed by atoms with Crippen LogP contribution in [0.5, 0.6) is 23.1 Å². The van der Waals surface area contributed by atoms with Crippen LogP contribution in [0.1, 0.15) is 48.5 Å². The molecule has 14 heteroatoms. The molecule has 0 aliphatic rings. The van der Waals surface area contributed by atoms with Gasteiger partial charge in [-0.05, 0) is 83.9 Å². The van der Waals surface area contributed by atoms with Crippen molar-refractivity contribution in [3.05, 3.63) is 239 Å². The first kappa shape index (κ1) is 52.1. The number of methoxy groups -OCH3 is 1. The Hall–Kier alpha value is -9.19. The number of aromatic nitrogens is 1. The summed E-state index contributed by atoms with van der Waals surface area (Å²) in [6, 6.07) is 57.9. The fraction of sp³-hybridized carbons (Fsp3) is 0.148. The first-order chi connectivity index (χ1) is 36.7. The van der Waals surface area contributed by atoms with Crippen LogP contribution in [0, 0.1) is 11.3 Å². The summed E-state index contributed by atoms with van der Waals surface area (Å²) in [6.45, 7) is 0.864. The summed E-state index contributed by atoms with van der Waals surface area (Å²) in [5, 5.41) is 16.5. The molecule has 0 saturated heterocycles. The molecule has 75 heavy (non-hydrogen) atoms.